The van der Waals surface area contributed by atoms with Crippen molar-refractivity contribution in [2.45, 2.75) is 0 Å². The summed E-state index contributed by atoms with van der Waals surface area (Å²) < 4.78 is 11.8. The fourth-order valence-corrected chi connectivity index (χ4v) is 3.08. The summed E-state index contributed by atoms with van der Waals surface area (Å²) in [7, 11) is 3.02. The third kappa shape index (κ3) is 3.18. The van der Waals surface area contributed by atoms with E-state index in [1.807, 2.05) is 0 Å². The molecule has 9 nitrogen and oxygen atoms in total. The van der Waals surface area contributed by atoms with Crippen molar-refractivity contribution >= 4 is 22.9 Å². The number of aromatic hydroxyl groups is 1. The Morgan fingerprint density at radius 3 is 2.55 bits per heavy atom. The molecule has 4 rings (SSSR count). The first-order valence-electron chi connectivity index (χ1n) is 8.62. The molecule has 0 radical (unpaired) electrons. The van der Waals surface area contributed by atoms with Crippen molar-refractivity contribution < 1.29 is 14.6 Å². The molecule has 2 aromatic heterocycles. The highest BCUT2D eigenvalue weighted by molar-refractivity contribution is 6.02. The third-order valence-electron chi connectivity index (χ3n) is 4.45. The largest absolute Gasteiger partial charge is 0.494 e. The van der Waals surface area contributed by atoms with Gasteiger partial charge in [0.2, 0.25) is 11.8 Å². The number of methoxy groups -OCH3 is 2. The number of rotatable bonds is 5. The Morgan fingerprint density at radius 2 is 1.86 bits per heavy atom. The van der Waals surface area contributed by atoms with Gasteiger partial charge >= 0.3 is 0 Å². The van der Waals surface area contributed by atoms with E-state index in [9.17, 15) is 9.90 Å². The van der Waals surface area contributed by atoms with Crippen molar-refractivity contribution in [3.8, 4) is 23.1 Å². The minimum atomic E-state index is -0.373. The van der Waals surface area contributed by atoms with Crippen LogP contribution in [-0.2, 0) is 0 Å². The molecule has 0 aliphatic rings. The minimum absolute atomic E-state index is 0.260. The maximum absolute atomic E-state index is 13.1. The number of benzene rings is 2. The highest BCUT2D eigenvalue weighted by Crippen LogP contribution is 2.32. The lowest BCUT2D eigenvalue weighted by Gasteiger charge is -2.15. The molecule has 0 spiro atoms. The average molecular weight is 391 g/mol. The summed E-state index contributed by atoms with van der Waals surface area (Å²) in [5.74, 6) is 0.958. The van der Waals surface area contributed by atoms with Crippen LogP contribution in [-0.4, -0.2) is 45.3 Å². The Kier molecular flexibility index (Phi) is 4.70. The van der Waals surface area contributed by atoms with Gasteiger partial charge in [0.1, 0.15) is 6.33 Å². The van der Waals surface area contributed by atoms with Crippen LogP contribution < -0.4 is 15.0 Å². The molecule has 0 amide bonds. The molecule has 4 aromatic rings. The lowest BCUT2D eigenvalue weighted by molar-refractivity contribution is 0.354. The van der Waals surface area contributed by atoms with Crippen molar-refractivity contribution in [1.82, 2.24) is 19.7 Å². The smallest absolute Gasteiger partial charge is 0.265 e. The van der Waals surface area contributed by atoms with Gasteiger partial charge in [-0.05, 0) is 18.2 Å². The third-order valence-corrected chi connectivity index (χ3v) is 4.45. The number of aromatic nitrogens is 4. The molecule has 0 atom stereocenters. The summed E-state index contributed by atoms with van der Waals surface area (Å²) in [5.41, 5.74) is 0.415. The highest BCUT2D eigenvalue weighted by atomic mass is 16.5. The molecule has 146 valence electrons. The Bertz CT molecular complexity index is 1260. The standard InChI is InChI=1S/C20H17N5O4/c1-28-16-8-7-12(9-17(16)29-2)25-18(26)14-6-4-3-5-13(14)15(19(25)27)10-21-20-22-11-23-24-20/h3-11,27H,1-2H3,(H,22,23,24). The summed E-state index contributed by atoms with van der Waals surface area (Å²) >= 11 is 0. The first-order chi connectivity index (χ1) is 14.1. The number of ether oxygens (including phenoxy) is 2. The fraction of sp³-hybridized carbons (Fsp3) is 0.100. The summed E-state index contributed by atoms with van der Waals surface area (Å²) in [6, 6.07) is 11.9. The zero-order chi connectivity index (χ0) is 20.4. The lowest BCUT2D eigenvalue weighted by atomic mass is 10.1. The molecule has 0 saturated carbocycles. The number of nitrogens with one attached hydrogen (secondary N) is 1. The Hall–Kier alpha value is -4.14. The van der Waals surface area contributed by atoms with Gasteiger partial charge in [0.05, 0.1) is 25.5 Å². The number of H-pyrrole nitrogens is 1. The number of hydrogen-bond acceptors (Lipinski definition) is 7. The van der Waals surface area contributed by atoms with Crippen LogP contribution in [0.4, 0.5) is 5.95 Å². The van der Waals surface area contributed by atoms with Gasteiger partial charge in [0.25, 0.3) is 5.56 Å². The normalized spacial score (nSPS) is 11.2. The number of pyridine rings is 1. The second kappa shape index (κ2) is 7.47. The van der Waals surface area contributed by atoms with E-state index in [1.54, 1.807) is 42.5 Å². The second-order valence-corrected chi connectivity index (χ2v) is 6.03. The van der Waals surface area contributed by atoms with Gasteiger partial charge in [0, 0.05) is 23.1 Å². The van der Waals surface area contributed by atoms with Gasteiger partial charge in [-0.1, -0.05) is 18.2 Å². The van der Waals surface area contributed by atoms with E-state index in [0.29, 0.717) is 33.5 Å². The highest BCUT2D eigenvalue weighted by Gasteiger charge is 2.17. The quantitative estimate of drug-likeness (QED) is 0.506. The maximum atomic E-state index is 13.1. The summed E-state index contributed by atoms with van der Waals surface area (Å²) in [4.78, 5) is 21.3. The molecular weight excluding hydrogens is 374 g/mol. The number of fused-ring (bicyclic) bond motifs is 1. The predicted octanol–water partition coefficient (Wildman–Crippen LogP) is 2.58. The van der Waals surface area contributed by atoms with Crippen molar-refractivity contribution in [2.75, 3.05) is 14.2 Å². The Balaban J connectivity index is 1.99. The maximum Gasteiger partial charge on any atom is 0.265 e. The summed E-state index contributed by atoms with van der Waals surface area (Å²) in [6.45, 7) is 0. The van der Waals surface area contributed by atoms with Crippen LogP contribution in [0.1, 0.15) is 5.56 Å². The van der Waals surface area contributed by atoms with Crippen LogP contribution >= 0.6 is 0 Å². The number of aromatic amines is 1. The van der Waals surface area contributed by atoms with Crippen LogP contribution in [0.25, 0.3) is 16.5 Å². The molecule has 2 aromatic carbocycles. The lowest BCUT2D eigenvalue weighted by Crippen LogP contribution is -2.20. The minimum Gasteiger partial charge on any atom is -0.494 e. The van der Waals surface area contributed by atoms with Gasteiger partial charge in [-0.15, -0.1) is 0 Å². The van der Waals surface area contributed by atoms with E-state index >= 15 is 0 Å². The SMILES string of the molecule is COc1ccc(-n2c(O)c(C=Nc3ncn[nH]3)c3ccccc3c2=O)cc1OC. The Morgan fingerprint density at radius 1 is 1.10 bits per heavy atom. The van der Waals surface area contributed by atoms with Gasteiger partial charge in [0.15, 0.2) is 11.5 Å². The van der Waals surface area contributed by atoms with Crippen molar-refractivity contribution in [2.24, 2.45) is 4.99 Å². The second-order valence-electron chi connectivity index (χ2n) is 6.03. The van der Waals surface area contributed by atoms with Gasteiger partial charge in [-0.3, -0.25) is 4.79 Å². The zero-order valence-corrected chi connectivity index (χ0v) is 15.7. The van der Waals surface area contributed by atoms with Crippen LogP contribution in [0.3, 0.4) is 0 Å². The topological polar surface area (TPSA) is 115 Å². The van der Waals surface area contributed by atoms with Crippen molar-refractivity contribution in [1.29, 1.82) is 0 Å². The van der Waals surface area contributed by atoms with Gasteiger partial charge in [-0.2, -0.15) is 10.1 Å². The molecule has 2 N–H and O–H groups in total. The van der Waals surface area contributed by atoms with Crippen LogP contribution in [0, 0.1) is 0 Å². The molecule has 0 fully saturated rings. The molecular formula is C20H17N5O4. The van der Waals surface area contributed by atoms with Gasteiger partial charge < -0.3 is 14.6 Å². The van der Waals surface area contributed by atoms with Crippen molar-refractivity contribution in [3.05, 3.63) is 64.7 Å². The summed E-state index contributed by atoms with van der Waals surface area (Å²) in [5, 5.41) is 18.3. The molecule has 9 heteroatoms. The van der Waals surface area contributed by atoms with E-state index in [-0.39, 0.29) is 17.4 Å². The zero-order valence-electron chi connectivity index (χ0n) is 15.7. The van der Waals surface area contributed by atoms with Crippen LogP contribution in [0.5, 0.6) is 17.4 Å². The predicted molar refractivity (Wildman–Crippen MR) is 108 cm³/mol. The summed E-state index contributed by atoms with van der Waals surface area (Å²) in [6.07, 6.45) is 2.77. The van der Waals surface area contributed by atoms with E-state index in [0.717, 1.165) is 0 Å². The monoisotopic (exact) mass is 391 g/mol. The van der Waals surface area contributed by atoms with E-state index in [2.05, 4.69) is 20.2 Å². The first-order valence-corrected chi connectivity index (χ1v) is 8.62. The number of nitrogens with zero attached hydrogens (tertiary/aromatic N) is 4. The number of aliphatic imine (C=N–C) groups is 1. The molecule has 29 heavy (non-hydrogen) atoms. The van der Waals surface area contributed by atoms with E-state index in [1.165, 1.54) is 31.3 Å². The molecule has 0 aliphatic heterocycles. The molecule has 0 unspecified atom stereocenters. The number of hydrogen-bond donors (Lipinski definition) is 2. The van der Waals surface area contributed by atoms with E-state index < -0.39 is 0 Å². The molecule has 0 saturated heterocycles. The van der Waals surface area contributed by atoms with E-state index in [4.69, 9.17) is 9.47 Å². The molecule has 0 bridgehead atoms. The Labute approximate surface area is 164 Å². The van der Waals surface area contributed by atoms with Crippen LogP contribution in [0.15, 0.2) is 58.6 Å². The molecule has 0 aliphatic carbocycles. The molecule has 2 heterocycles. The van der Waals surface area contributed by atoms with Crippen LogP contribution in [0.2, 0.25) is 0 Å². The van der Waals surface area contributed by atoms with Crippen molar-refractivity contribution in [3.63, 3.8) is 0 Å². The average Bonchev–Trinajstić information content (AvgIpc) is 3.27. The first kappa shape index (κ1) is 18.2. The fourth-order valence-electron chi connectivity index (χ4n) is 3.08. The van der Waals surface area contributed by atoms with Gasteiger partial charge in [-0.25, -0.2) is 14.7 Å².